The van der Waals surface area contributed by atoms with Gasteiger partial charge in [-0.1, -0.05) is 24.6 Å². The summed E-state index contributed by atoms with van der Waals surface area (Å²) < 4.78 is 1.97. The van der Waals surface area contributed by atoms with Crippen LogP contribution in [0.2, 0.25) is 0 Å². The second-order valence-electron chi connectivity index (χ2n) is 6.24. The Bertz CT molecular complexity index is 482. The van der Waals surface area contributed by atoms with Crippen LogP contribution >= 0.6 is 11.8 Å². The maximum Gasteiger partial charge on any atom is 0.220 e. The number of hydrogen-bond acceptors (Lipinski definition) is 5. The lowest BCUT2D eigenvalue weighted by atomic mass is 10.0. The van der Waals surface area contributed by atoms with E-state index in [-0.39, 0.29) is 5.91 Å². The zero-order chi connectivity index (χ0) is 15.9. The van der Waals surface area contributed by atoms with E-state index in [2.05, 4.69) is 34.5 Å². The second kappa shape index (κ2) is 8.53. The SMILES string of the molecule is CN(C)CCSc1nnc(CNC(=O)CC2CCCC2)n1C. The van der Waals surface area contributed by atoms with E-state index in [1.807, 2.05) is 11.6 Å². The normalized spacial score (nSPS) is 15.6. The molecule has 0 aromatic carbocycles. The molecule has 1 aromatic heterocycles. The Labute approximate surface area is 137 Å². The van der Waals surface area contributed by atoms with Crippen LogP contribution in [-0.2, 0) is 18.4 Å². The molecule has 124 valence electrons. The van der Waals surface area contributed by atoms with Crippen molar-refractivity contribution in [3.63, 3.8) is 0 Å². The average Bonchev–Trinajstić information content (AvgIpc) is 3.08. The Morgan fingerprint density at radius 1 is 1.36 bits per heavy atom. The number of carbonyl (C=O) groups is 1. The lowest BCUT2D eigenvalue weighted by molar-refractivity contribution is -0.122. The van der Waals surface area contributed by atoms with Crippen LogP contribution in [0.5, 0.6) is 0 Å². The number of aromatic nitrogens is 3. The fourth-order valence-electron chi connectivity index (χ4n) is 2.67. The molecule has 0 aliphatic heterocycles. The lowest BCUT2D eigenvalue weighted by Gasteiger charge is -2.10. The number of nitrogens with one attached hydrogen (secondary N) is 1. The molecule has 0 saturated heterocycles. The predicted octanol–water partition coefficient (Wildman–Crippen LogP) is 1.67. The van der Waals surface area contributed by atoms with Crippen molar-refractivity contribution >= 4 is 17.7 Å². The maximum absolute atomic E-state index is 12.0. The van der Waals surface area contributed by atoms with Crippen molar-refractivity contribution in [2.75, 3.05) is 26.4 Å². The summed E-state index contributed by atoms with van der Waals surface area (Å²) in [6.45, 7) is 1.47. The monoisotopic (exact) mass is 325 g/mol. The van der Waals surface area contributed by atoms with Crippen LogP contribution in [0, 0.1) is 5.92 Å². The van der Waals surface area contributed by atoms with Crippen molar-refractivity contribution in [3.05, 3.63) is 5.82 Å². The molecular formula is C15H27N5OS. The van der Waals surface area contributed by atoms with Crippen molar-refractivity contribution in [1.29, 1.82) is 0 Å². The highest BCUT2D eigenvalue weighted by molar-refractivity contribution is 7.99. The highest BCUT2D eigenvalue weighted by atomic mass is 32.2. The van der Waals surface area contributed by atoms with Gasteiger partial charge in [-0.15, -0.1) is 10.2 Å². The molecule has 1 aliphatic rings. The van der Waals surface area contributed by atoms with Gasteiger partial charge in [-0.2, -0.15) is 0 Å². The summed E-state index contributed by atoms with van der Waals surface area (Å²) >= 11 is 1.69. The average molecular weight is 325 g/mol. The van der Waals surface area contributed by atoms with Crippen LogP contribution in [-0.4, -0.2) is 52.0 Å². The molecule has 0 spiro atoms. The molecule has 1 aliphatic carbocycles. The Balaban J connectivity index is 1.75. The molecule has 1 N–H and O–H groups in total. The molecule has 0 unspecified atom stereocenters. The summed E-state index contributed by atoms with van der Waals surface area (Å²) in [6, 6.07) is 0. The Morgan fingerprint density at radius 2 is 2.09 bits per heavy atom. The molecule has 1 heterocycles. The van der Waals surface area contributed by atoms with E-state index in [1.165, 1.54) is 25.7 Å². The minimum atomic E-state index is 0.136. The van der Waals surface area contributed by atoms with Gasteiger partial charge in [0.1, 0.15) is 0 Å². The molecule has 0 atom stereocenters. The fourth-order valence-corrected chi connectivity index (χ4v) is 3.71. The van der Waals surface area contributed by atoms with Crippen molar-refractivity contribution < 1.29 is 4.79 Å². The smallest absolute Gasteiger partial charge is 0.220 e. The molecule has 0 bridgehead atoms. The molecule has 1 saturated carbocycles. The predicted molar refractivity (Wildman–Crippen MR) is 88.7 cm³/mol. The second-order valence-corrected chi connectivity index (χ2v) is 7.30. The van der Waals surface area contributed by atoms with Crippen LogP contribution in [0.1, 0.15) is 37.9 Å². The number of hydrogen-bond donors (Lipinski definition) is 1. The first-order valence-electron chi connectivity index (χ1n) is 7.98. The third-order valence-electron chi connectivity index (χ3n) is 4.09. The molecule has 7 heteroatoms. The van der Waals surface area contributed by atoms with Gasteiger partial charge in [0.25, 0.3) is 0 Å². The summed E-state index contributed by atoms with van der Waals surface area (Å²) in [7, 11) is 6.07. The van der Waals surface area contributed by atoms with E-state index < -0.39 is 0 Å². The van der Waals surface area contributed by atoms with Gasteiger partial charge in [0.05, 0.1) is 6.54 Å². The third-order valence-corrected chi connectivity index (χ3v) is 5.09. The van der Waals surface area contributed by atoms with E-state index in [1.54, 1.807) is 11.8 Å². The highest BCUT2D eigenvalue weighted by Gasteiger charge is 2.18. The number of carbonyl (C=O) groups excluding carboxylic acids is 1. The van der Waals surface area contributed by atoms with Gasteiger partial charge < -0.3 is 14.8 Å². The van der Waals surface area contributed by atoms with Crippen LogP contribution in [0.4, 0.5) is 0 Å². The van der Waals surface area contributed by atoms with E-state index in [4.69, 9.17) is 0 Å². The summed E-state index contributed by atoms with van der Waals surface area (Å²) in [6.07, 6.45) is 5.60. The van der Waals surface area contributed by atoms with Crippen LogP contribution in [0.3, 0.4) is 0 Å². The van der Waals surface area contributed by atoms with Crippen molar-refractivity contribution in [2.45, 2.75) is 43.8 Å². The largest absolute Gasteiger partial charge is 0.349 e. The molecule has 0 radical (unpaired) electrons. The van der Waals surface area contributed by atoms with Crippen LogP contribution in [0.15, 0.2) is 5.16 Å². The van der Waals surface area contributed by atoms with E-state index >= 15 is 0 Å². The first-order valence-corrected chi connectivity index (χ1v) is 8.97. The van der Waals surface area contributed by atoms with Crippen molar-refractivity contribution in [2.24, 2.45) is 13.0 Å². The maximum atomic E-state index is 12.0. The van der Waals surface area contributed by atoms with Gasteiger partial charge in [0.15, 0.2) is 11.0 Å². The third kappa shape index (κ3) is 5.28. The first kappa shape index (κ1) is 17.3. The Morgan fingerprint density at radius 3 is 2.77 bits per heavy atom. The van der Waals surface area contributed by atoms with Crippen LogP contribution < -0.4 is 5.32 Å². The molecule has 6 nitrogen and oxygen atoms in total. The summed E-state index contributed by atoms with van der Waals surface area (Å²) in [5.74, 6) is 2.51. The quantitative estimate of drug-likeness (QED) is 0.737. The Kier molecular flexibility index (Phi) is 6.70. The first-order chi connectivity index (χ1) is 10.6. The van der Waals surface area contributed by atoms with E-state index in [0.717, 1.165) is 23.3 Å². The van der Waals surface area contributed by atoms with Crippen molar-refractivity contribution in [3.8, 4) is 0 Å². The van der Waals surface area contributed by atoms with Gasteiger partial charge in [0.2, 0.25) is 5.91 Å². The zero-order valence-corrected chi connectivity index (χ0v) is 14.7. The molecule has 1 aromatic rings. The fraction of sp³-hybridized carbons (Fsp3) is 0.800. The Hall–Kier alpha value is -1.08. The summed E-state index contributed by atoms with van der Waals surface area (Å²) in [5.41, 5.74) is 0. The van der Waals surface area contributed by atoms with E-state index in [9.17, 15) is 4.79 Å². The molecule has 1 amide bonds. The van der Waals surface area contributed by atoms with Gasteiger partial charge in [-0.3, -0.25) is 4.79 Å². The van der Waals surface area contributed by atoms with Gasteiger partial charge in [-0.05, 0) is 32.9 Å². The molecule has 2 rings (SSSR count). The minimum absolute atomic E-state index is 0.136. The highest BCUT2D eigenvalue weighted by Crippen LogP contribution is 2.27. The number of nitrogens with zero attached hydrogens (tertiary/aromatic N) is 4. The summed E-state index contributed by atoms with van der Waals surface area (Å²) in [4.78, 5) is 14.1. The number of amides is 1. The number of thioether (sulfide) groups is 1. The molecular weight excluding hydrogens is 298 g/mol. The van der Waals surface area contributed by atoms with Crippen LogP contribution in [0.25, 0.3) is 0 Å². The zero-order valence-electron chi connectivity index (χ0n) is 13.8. The van der Waals surface area contributed by atoms with Gasteiger partial charge >= 0.3 is 0 Å². The van der Waals surface area contributed by atoms with Crippen molar-refractivity contribution in [1.82, 2.24) is 25.0 Å². The van der Waals surface area contributed by atoms with Gasteiger partial charge in [0, 0.05) is 25.8 Å². The number of rotatable bonds is 8. The lowest BCUT2D eigenvalue weighted by Crippen LogP contribution is -2.26. The van der Waals surface area contributed by atoms with Gasteiger partial charge in [-0.25, -0.2) is 0 Å². The van der Waals surface area contributed by atoms with E-state index in [0.29, 0.717) is 18.9 Å². The standard InChI is InChI=1S/C15H27N5OS/c1-19(2)8-9-22-15-18-17-13(20(15)3)11-16-14(21)10-12-6-4-5-7-12/h12H,4-11H2,1-3H3,(H,16,21). The molecule has 22 heavy (non-hydrogen) atoms. The molecule has 1 fully saturated rings. The summed E-state index contributed by atoms with van der Waals surface area (Å²) in [5, 5.41) is 12.3. The topological polar surface area (TPSA) is 63.1 Å². The minimum Gasteiger partial charge on any atom is -0.349 e.